The van der Waals surface area contributed by atoms with E-state index in [4.69, 9.17) is 16.3 Å². The maximum atomic E-state index is 12.7. The number of carbonyl (C=O) groups is 1. The zero-order valence-electron chi connectivity index (χ0n) is 14.5. The van der Waals surface area contributed by atoms with E-state index in [2.05, 4.69) is 5.32 Å². The van der Waals surface area contributed by atoms with Gasteiger partial charge in [-0.1, -0.05) is 23.7 Å². The van der Waals surface area contributed by atoms with Crippen LogP contribution in [-0.2, 0) is 21.0 Å². The Hall–Kier alpha value is -2.30. The SMILES string of the molecule is CCOc1c(Cl)cccc1NC(=O)CNS(=O)(=O)c1cccc(C(F)(F)F)c1. The van der Waals surface area contributed by atoms with Crippen molar-refractivity contribution in [3.8, 4) is 5.75 Å². The second kappa shape index (κ2) is 8.80. The van der Waals surface area contributed by atoms with Gasteiger partial charge in [-0.3, -0.25) is 4.79 Å². The molecule has 0 atom stereocenters. The summed E-state index contributed by atoms with van der Waals surface area (Å²) in [6, 6.07) is 7.84. The van der Waals surface area contributed by atoms with Crippen LogP contribution in [-0.4, -0.2) is 27.5 Å². The van der Waals surface area contributed by atoms with Gasteiger partial charge in [-0.2, -0.15) is 13.2 Å². The van der Waals surface area contributed by atoms with Gasteiger partial charge >= 0.3 is 6.18 Å². The van der Waals surface area contributed by atoms with Gasteiger partial charge in [-0.05, 0) is 37.3 Å². The van der Waals surface area contributed by atoms with E-state index in [1.807, 2.05) is 4.72 Å². The summed E-state index contributed by atoms with van der Waals surface area (Å²) in [7, 11) is -4.33. The second-order valence-corrected chi connectivity index (χ2v) is 7.62. The van der Waals surface area contributed by atoms with E-state index in [-0.39, 0.29) is 23.1 Å². The average molecular weight is 437 g/mol. The van der Waals surface area contributed by atoms with Crippen molar-refractivity contribution >= 4 is 33.2 Å². The van der Waals surface area contributed by atoms with Crippen LogP contribution in [0.5, 0.6) is 5.75 Å². The number of hydrogen-bond acceptors (Lipinski definition) is 4. The fourth-order valence-electron chi connectivity index (χ4n) is 2.18. The number of para-hydroxylation sites is 1. The molecular weight excluding hydrogens is 421 g/mol. The monoisotopic (exact) mass is 436 g/mol. The number of benzene rings is 2. The van der Waals surface area contributed by atoms with Crippen molar-refractivity contribution in [3.05, 3.63) is 53.1 Å². The van der Waals surface area contributed by atoms with Crippen LogP contribution in [0.4, 0.5) is 18.9 Å². The largest absolute Gasteiger partial charge is 0.490 e. The number of alkyl halides is 3. The number of carbonyl (C=O) groups excluding carboxylic acids is 1. The summed E-state index contributed by atoms with van der Waals surface area (Å²) in [6.45, 7) is 1.31. The third kappa shape index (κ3) is 5.60. The maximum Gasteiger partial charge on any atom is 0.416 e. The minimum atomic E-state index is -4.69. The Morgan fingerprint density at radius 3 is 2.50 bits per heavy atom. The zero-order chi connectivity index (χ0) is 20.9. The van der Waals surface area contributed by atoms with Gasteiger partial charge in [0.25, 0.3) is 0 Å². The molecule has 152 valence electrons. The fourth-order valence-corrected chi connectivity index (χ4v) is 3.43. The number of sulfonamides is 1. The summed E-state index contributed by atoms with van der Waals surface area (Å²) in [5, 5.41) is 2.69. The number of hydrogen-bond donors (Lipinski definition) is 2. The highest BCUT2D eigenvalue weighted by molar-refractivity contribution is 7.89. The molecular formula is C17H16ClF3N2O4S. The highest BCUT2D eigenvalue weighted by Gasteiger charge is 2.31. The van der Waals surface area contributed by atoms with E-state index in [1.54, 1.807) is 19.1 Å². The van der Waals surface area contributed by atoms with Crippen molar-refractivity contribution < 1.29 is 31.1 Å². The molecule has 0 saturated carbocycles. The molecule has 11 heteroatoms. The first-order chi connectivity index (χ1) is 13.0. The summed E-state index contributed by atoms with van der Waals surface area (Å²) < 4.78 is 69.9. The third-order valence-electron chi connectivity index (χ3n) is 3.42. The standard InChI is InChI=1S/C17H16ClF3N2O4S/c1-2-27-16-13(18)7-4-8-14(16)23-15(24)10-22-28(25,26)12-6-3-5-11(9-12)17(19,20)21/h3-9,22H,2,10H2,1H3,(H,23,24). The van der Waals surface area contributed by atoms with Crippen molar-refractivity contribution in [2.24, 2.45) is 0 Å². The lowest BCUT2D eigenvalue weighted by molar-refractivity contribution is -0.137. The molecule has 2 N–H and O–H groups in total. The van der Waals surface area contributed by atoms with Crippen molar-refractivity contribution in [3.63, 3.8) is 0 Å². The molecule has 0 radical (unpaired) electrons. The van der Waals surface area contributed by atoms with Crippen molar-refractivity contribution in [1.82, 2.24) is 4.72 Å². The number of amides is 1. The Morgan fingerprint density at radius 1 is 1.18 bits per heavy atom. The molecule has 2 rings (SSSR count). The second-order valence-electron chi connectivity index (χ2n) is 5.45. The fraction of sp³-hybridized carbons (Fsp3) is 0.235. The normalized spacial score (nSPS) is 11.9. The van der Waals surface area contributed by atoms with Crippen LogP contribution in [0.2, 0.25) is 5.02 Å². The van der Waals surface area contributed by atoms with E-state index in [0.29, 0.717) is 6.07 Å². The minimum Gasteiger partial charge on any atom is -0.490 e. The lowest BCUT2D eigenvalue weighted by atomic mass is 10.2. The molecule has 6 nitrogen and oxygen atoms in total. The van der Waals surface area contributed by atoms with Crippen LogP contribution in [0.1, 0.15) is 12.5 Å². The van der Waals surface area contributed by atoms with Gasteiger partial charge in [0, 0.05) is 0 Å². The molecule has 0 unspecified atom stereocenters. The van der Waals surface area contributed by atoms with Crippen LogP contribution in [0, 0.1) is 0 Å². The van der Waals surface area contributed by atoms with E-state index in [0.717, 1.165) is 18.2 Å². The molecule has 0 spiro atoms. The molecule has 0 aromatic heterocycles. The Bertz CT molecular complexity index is 965. The van der Waals surface area contributed by atoms with Gasteiger partial charge in [-0.25, -0.2) is 13.1 Å². The first-order valence-corrected chi connectivity index (χ1v) is 9.79. The smallest absolute Gasteiger partial charge is 0.416 e. The predicted molar refractivity (Wildman–Crippen MR) is 97.9 cm³/mol. The molecule has 0 bridgehead atoms. The van der Waals surface area contributed by atoms with Crippen LogP contribution in [0.3, 0.4) is 0 Å². The topological polar surface area (TPSA) is 84.5 Å². The Labute approximate surface area is 164 Å². The van der Waals surface area contributed by atoms with Crippen LogP contribution >= 0.6 is 11.6 Å². The Balaban J connectivity index is 2.10. The highest BCUT2D eigenvalue weighted by Crippen LogP contribution is 2.33. The van der Waals surface area contributed by atoms with Crippen molar-refractivity contribution in [2.75, 3.05) is 18.5 Å². The zero-order valence-corrected chi connectivity index (χ0v) is 16.1. The maximum absolute atomic E-state index is 12.7. The Kier molecular flexibility index (Phi) is 6.91. The van der Waals surface area contributed by atoms with Gasteiger partial charge in [0.05, 0.1) is 34.3 Å². The molecule has 0 saturated heterocycles. The van der Waals surface area contributed by atoms with Gasteiger partial charge in [0.2, 0.25) is 15.9 Å². The third-order valence-corrected chi connectivity index (χ3v) is 5.12. The molecule has 0 heterocycles. The van der Waals surface area contributed by atoms with Gasteiger partial charge in [0.1, 0.15) is 0 Å². The van der Waals surface area contributed by atoms with E-state index in [9.17, 15) is 26.4 Å². The van der Waals surface area contributed by atoms with E-state index in [1.165, 1.54) is 6.07 Å². The summed E-state index contributed by atoms with van der Waals surface area (Å²) in [4.78, 5) is 11.5. The molecule has 0 aliphatic rings. The summed E-state index contributed by atoms with van der Waals surface area (Å²) in [5.41, 5.74) is -0.877. The Morgan fingerprint density at radius 2 is 1.86 bits per heavy atom. The van der Waals surface area contributed by atoms with Crippen LogP contribution in [0.15, 0.2) is 47.4 Å². The molecule has 28 heavy (non-hydrogen) atoms. The highest BCUT2D eigenvalue weighted by atomic mass is 35.5. The van der Waals surface area contributed by atoms with Crippen LogP contribution in [0.25, 0.3) is 0 Å². The number of anilines is 1. The van der Waals surface area contributed by atoms with E-state index >= 15 is 0 Å². The van der Waals surface area contributed by atoms with Crippen molar-refractivity contribution in [2.45, 2.75) is 18.0 Å². The van der Waals surface area contributed by atoms with Gasteiger partial charge < -0.3 is 10.1 Å². The van der Waals surface area contributed by atoms with Crippen molar-refractivity contribution in [1.29, 1.82) is 0 Å². The lowest BCUT2D eigenvalue weighted by Gasteiger charge is -2.13. The summed E-state index contributed by atoms with van der Waals surface area (Å²) in [5.74, 6) is -0.528. The molecule has 1 amide bonds. The van der Waals surface area contributed by atoms with Gasteiger partial charge in [-0.15, -0.1) is 0 Å². The average Bonchev–Trinajstić information content (AvgIpc) is 2.62. The molecule has 0 aliphatic heterocycles. The summed E-state index contributed by atoms with van der Waals surface area (Å²) in [6.07, 6.45) is -4.69. The van der Waals surface area contributed by atoms with E-state index < -0.39 is 39.1 Å². The summed E-state index contributed by atoms with van der Waals surface area (Å²) >= 11 is 5.99. The lowest BCUT2D eigenvalue weighted by Crippen LogP contribution is -2.33. The first kappa shape index (κ1) is 22.0. The number of halogens is 4. The number of rotatable bonds is 7. The molecule has 0 aliphatic carbocycles. The molecule has 2 aromatic rings. The van der Waals surface area contributed by atoms with Crippen LogP contribution < -0.4 is 14.8 Å². The first-order valence-electron chi connectivity index (χ1n) is 7.92. The minimum absolute atomic E-state index is 0.223. The van der Waals surface area contributed by atoms with Gasteiger partial charge in [0.15, 0.2) is 5.75 Å². The number of ether oxygens (including phenoxy) is 1. The quantitative estimate of drug-likeness (QED) is 0.693. The predicted octanol–water partition coefficient (Wildman–Crippen LogP) is 3.67. The molecule has 0 fully saturated rings. The molecule has 2 aromatic carbocycles. The number of nitrogens with one attached hydrogen (secondary N) is 2.